The highest BCUT2D eigenvalue weighted by molar-refractivity contribution is 5.79. The Hall–Kier alpha value is -0.860. The fourth-order valence-electron chi connectivity index (χ4n) is 2.92. The van der Waals surface area contributed by atoms with E-state index in [4.69, 9.17) is 0 Å². The van der Waals surface area contributed by atoms with Gasteiger partial charge in [0, 0.05) is 6.42 Å². The summed E-state index contributed by atoms with van der Waals surface area (Å²) in [5.74, 6) is 0.182. The number of aldehydes is 1. The van der Waals surface area contributed by atoms with E-state index in [1.807, 2.05) is 13.8 Å². The number of nitrogens with one attached hydrogen (secondary N) is 1. The van der Waals surface area contributed by atoms with Crippen molar-refractivity contribution in [1.82, 2.24) is 5.32 Å². The lowest BCUT2D eigenvalue weighted by atomic mass is 10.0. The first-order valence-electron chi connectivity index (χ1n) is 10.4. The molecule has 142 valence electrons. The molecule has 0 fully saturated rings. The maximum Gasteiger partial charge on any atom is 0.220 e. The molecule has 0 aromatic heterocycles. The van der Waals surface area contributed by atoms with E-state index in [9.17, 15) is 9.59 Å². The Morgan fingerprint density at radius 3 is 1.58 bits per heavy atom. The zero-order chi connectivity index (χ0) is 18.0. The van der Waals surface area contributed by atoms with Crippen molar-refractivity contribution in [3.63, 3.8) is 0 Å². The molecular weight excluding hydrogens is 298 g/mol. The third-order valence-electron chi connectivity index (χ3n) is 4.70. The quantitative estimate of drug-likeness (QED) is 0.268. The second-order valence-electron chi connectivity index (χ2n) is 7.47. The van der Waals surface area contributed by atoms with Crippen molar-refractivity contribution in [1.29, 1.82) is 0 Å². The molecule has 1 N–H and O–H groups in total. The molecule has 3 nitrogen and oxygen atoms in total. The molecule has 0 saturated heterocycles. The fourth-order valence-corrected chi connectivity index (χ4v) is 2.92. The zero-order valence-corrected chi connectivity index (χ0v) is 16.4. The SMILES string of the molecule is CCCCCCCCCCCCCCCC(=O)N[C@H](C=O)C(C)C. The number of hydrogen-bond donors (Lipinski definition) is 1. The molecule has 1 amide bonds. The smallest absolute Gasteiger partial charge is 0.220 e. The highest BCUT2D eigenvalue weighted by atomic mass is 16.2. The van der Waals surface area contributed by atoms with Crippen molar-refractivity contribution in [3.8, 4) is 0 Å². The maximum atomic E-state index is 11.7. The molecule has 3 heteroatoms. The minimum atomic E-state index is -0.334. The summed E-state index contributed by atoms with van der Waals surface area (Å²) in [5, 5.41) is 2.80. The first-order chi connectivity index (χ1) is 11.6. The summed E-state index contributed by atoms with van der Waals surface area (Å²) in [5.41, 5.74) is 0. The van der Waals surface area contributed by atoms with Gasteiger partial charge in [-0.15, -0.1) is 0 Å². The van der Waals surface area contributed by atoms with Crippen molar-refractivity contribution in [2.45, 2.75) is 117 Å². The van der Waals surface area contributed by atoms with Gasteiger partial charge in [-0.1, -0.05) is 97.8 Å². The molecule has 0 bridgehead atoms. The predicted molar refractivity (Wildman–Crippen MR) is 103 cm³/mol. The molecule has 0 unspecified atom stereocenters. The molecular formula is C21H41NO2. The fraction of sp³-hybridized carbons (Fsp3) is 0.905. The first kappa shape index (κ1) is 23.1. The van der Waals surface area contributed by atoms with Gasteiger partial charge in [0.15, 0.2) is 0 Å². The summed E-state index contributed by atoms with van der Waals surface area (Å²) < 4.78 is 0. The third kappa shape index (κ3) is 14.7. The van der Waals surface area contributed by atoms with Crippen LogP contribution >= 0.6 is 0 Å². The first-order valence-corrected chi connectivity index (χ1v) is 10.4. The van der Waals surface area contributed by atoms with Crippen LogP contribution in [0.1, 0.15) is 111 Å². The average Bonchev–Trinajstić information content (AvgIpc) is 2.56. The standard InChI is InChI=1S/C21H41NO2/c1-4-5-6-7-8-9-10-11-12-13-14-15-16-17-21(24)22-20(18-23)19(2)3/h18-20H,4-17H2,1-3H3,(H,22,24)/t20-/m1/s1. The van der Waals surface area contributed by atoms with Crippen LogP contribution in [0.2, 0.25) is 0 Å². The number of carbonyl (C=O) groups is 2. The summed E-state index contributed by atoms with van der Waals surface area (Å²) in [4.78, 5) is 22.6. The molecule has 0 radical (unpaired) electrons. The van der Waals surface area contributed by atoms with Crippen molar-refractivity contribution < 1.29 is 9.59 Å². The molecule has 0 heterocycles. The van der Waals surface area contributed by atoms with E-state index in [1.165, 1.54) is 70.6 Å². The Labute approximate surface area is 150 Å². The molecule has 0 aromatic carbocycles. The van der Waals surface area contributed by atoms with E-state index in [0.717, 1.165) is 19.1 Å². The van der Waals surface area contributed by atoms with Crippen LogP contribution in [0.5, 0.6) is 0 Å². The normalized spacial score (nSPS) is 12.3. The van der Waals surface area contributed by atoms with E-state index in [0.29, 0.717) is 6.42 Å². The van der Waals surface area contributed by atoms with Gasteiger partial charge in [-0.2, -0.15) is 0 Å². The number of hydrogen-bond acceptors (Lipinski definition) is 2. The number of amides is 1. The zero-order valence-electron chi connectivity index (χ0n) is 16.4. The predicted octanol–water partition coefficient (Wildman–Crippen LogP) is 5.81. The van der Waals surface area contributed by atoms with Gasteiger partial charge in [-0.25, -0.2) is 0 Å². The summed E-state index contributed by atoms with van der Waals surface area (Å²) >= 11 is 0. The van der Waals surface area contributed by atoms with Crippen LogP contribution in [0.15, 0.2) is 0 Å². The largest absolute Gasteiger partial charge is 0.346 e. The molecule has 24 heavy (non-hydrogen) atoms. The topological polar surface area (TPSA) is 46.2 Å². The lowest BCUT2D eigenvalue weighted by Crippen LogP contribution is -2.39. The highest BCUT2D eigenvalue weighted by Gasteiger charge is 2.14. The molecule has 0 aliphatic rings. The lowest BCUT2D eigenvalue weighted by Gasteiger charge is -2.15. The van der Waals surface area contributed by atoms with Gasteiger partial charge < -0.3 is 10.1 Å². The minimum absolute atomic E-state index is 0.0175. The second-order valence-corrected chi connectivity index (χ2v) is 7.47. The molecule has 0 rings (SSSR count). The van der Waals surface area contributed by atoms with Crippen LogP contribution in [-0.2, 0) is 9.59 Å². The van der Waals surface area contributed by atoms with E-state index < -0.39 is 0 Å². The van der Waals surface area contributed by atoms with E-state index in [-0.39, 0.29) is 17.9 Å². The number of carbonyl (C=O) groups excluding carboxylic acids is 2. The van der Waals surface area contributed by atoms with Gasteiger partial charge in [0.25, 0.3) is 0 Å². The van der Waals surface area contributed by atoms with E-state index in [1.54, 1.807) is 0 Å². The molecule has 1 atom stereocenters. The molecule has 0 spiro atoms. The summed E-state index contributed by atoms with van der Waals surface area (Å²) in [6.07, 6.45) is 18.4. The molecule has 0 aliphatic carbocycles. The summed E-state index contributed by atoms with van der Waals surface area (Å²) in [7, 11) is 0. The number of unbranched alkanes of at least 4 members (excludes halogenated alkanes) is 12. The van der Waals surface area contributed by atoms with Crippen LogP contribution in [0.25, 0.3) is 0 Å². The third-order valence-corrected chi connectivity index (χ3v) is 4.70. The van der Waals surface area contributed by atoms with Crippen LogP contribution in [0, 0.1) is 5.92 Å². The Balaban J connectivity index is 3.30. The number of rotatable bonds is 17. The Morgan fingerprint density at radius 1 is 0.792 bits per heavy atom. The second kappa shape index (κ2) is 17.0. The van der Waals surface area contributed by atoms with Gasteiger partial charge in [-0.05, 0) is 12.3 Å². The summed E-state index contributed by atoms with van der Waals surface area (Å²) in [6, 6.07) is -0.334. The monoisotopic (exact) mass is 339 g/mol. The highest BCUT2D eigenvalue weighted by Crippen LogP contribution is 2.13. The molecule has 0 aliphatic heterocycles. The minimum Gasteiger partial charge on any atom is -0.346 e. The van der Waals surface area contributed by atoms with Crippen molar-refractivity contribution in [2.75, 3.05) is 0 Å². The van der Waals surface area contributed by atoms with Gasteiger partial charge in [-0.3, -0.25) is 4.79 Å². The lowest BCUT2D eigenvalue weighted by molar-refractivity contribution is -0.124. The van der Waals surface area contributed by atoms with Crippen molar-refractivity contribution in [3.05, 3.63) is 0 Å². The van der Waals surface area contributed by atoms with Crippen molar-refractivity contribution >= 4 is 12.2 Å². The maximum absolute atomic E-state index is 11.7. The van der Waals surface area contributed by atoms with Gasteiger partial charge in [0.1, 0.15) is 6.29 Å². The Bertz CT molecular complexity index is 302. The van der Waals surface area contributed by atoms with Gasteiger partial charge in [0.2, 0.25) is 5.91 Å². The van der Waals surface area contributed by atoms with Crippen molar-refractivity contribution in [2.24, 2.45) is 5.92 Å². The van der Waals surface area contributed by atoms with Crippen LogP contribution in [-0.4, -0.2) is 18.2 Å². The Morgan fingerprint density at radius 2 is 1.21 bits per heavy atom. The summed E-state index contributed by atoms with van der Waals surface area (Å²) in [6.45, 7) is 6.16. The van der Waals surface area contributed by atoms with Gasteiger partial charge in [0.05, 0.1) is 6.04 Å². The van der Waals surface area contributed by atoms with Gasteiger partial charge >= 0.3 is 0 Å². The van der Waals surface area contributed by atoms with Crippen LogP contribution < -0.4 is 5.32 Å². The Kier molecular flexibility index (Phi) is 16.4. The van der Waals surface area contributed by atoms with Crippen LogP contribution in [0.3, 0.4) is 0 Å². The average molecular weight is 340 g/mol. The van der Waals surface area contributed by atoms with E-state index >= 15 is 0 Å². The van der Waals surface area contributed by atoms with Crippen LogP contribution in [0.4, 0.5) is 0 Å². The molecule has 0 saturated carbocycles. The molecule has 0 aromatic rings. The van der Waals surface area contributed by atoms with E-state index in [2.05, 4.69) is 12.2 Å².